The van der Waals surface area contributed by atoms with E-state index in [0.717, 1.165) is 12.1 Å². The van der Waals surface area contributed by atoms with Crippen molar-refractivity contribution in [1.29, 1.82) is 5.26 Å². The van der Waals surface area contributed by atoms with E-state index in [0.29, 0.717) is 0 Å². The summed E-state index contributed by atoms with van der Waals surface area (Å²) in [7, 11) is 2.69. The van der Waals surface area contributed by atoms with Gasteiger partial charge in [0.25, 0.3) is 0 Å². The lowest BCUT2D eigenvalue weighted by atomic mass is 10.1. The Balaban J connectivity index is 3.10. The third kappa shape index (κ3) is 4.08. The van der Waals surface area contributed by atoms with Crippen LogP contribution in [0.3, 0.4) is 0 Å². The standard InChI is InChI=1S/C13H14F3N3O2/c1-8(12(20)21-3)7-19(2)11-9(6-17)4-5-10(18-11)13(14,15)16/h4-5,8H,7H2,1-3H3. The highest BCUT2D eigenvalue weighted by Gasteiger charge is 2.33. The van der Waals surface area contributed by atoms with Crippen molar-refractivity contribution >= 4 is 11.8 Å². The largest absolute Gasteiger partial charge is 0.469 e. The van der Waals surface area contributed by atoms with Gasteiger partial charge in [-0.3, -0.25) is 4.79 Å². The van der Waals surface area contributed by atoms with Gasteiger partial charge in [0.05, 0.1) is 18.6 Å². The summed E-state index contributed by atoms with van der Waals surface area (Å²) < 4.78 is 42.6. The maximum Gasteiger partial charge on any atom is 0.433 e. The molecule has 0 aliphatic rings. The fourth-order valence-electron chi connectivity index (χ4n) is 1.76. The van der Waals surface area contributed by atoms with Crippen molar-refractivity contribution < 1.29 is 22.7 Å². The van der Waals surface area contributed by atoms with Crippen LogP contribution in [0.15, 0.2) is 12.1 Å². The molecule has 0 saturated heterocycles. The van der Waals surface area contributed by atoms with Crippen molar-refractivity contribution in [2.75, 3.05) is 25.6 Å². The number of alkyl halides is 3. The van der Waals surface area contributed by atoms with E-state index in [2.05, 4.69) is 9.72 Å². The smallest absolute Gasteiger partial charge is 0.433 e. The minimum atomic E-state index is -4.60. The van der Waals surface area contributed by atoms with Crippen LogP contribution in [0.25, 0.3) is 0 Å². The molecule has 0 aliphatic heterocycles. The van der Waals surface area contributed by atoms with E-state index in [-0.39, 0.29) is 17.9 Å². The Morgan fingerprint density at radius 3 is 2.62 bits per heavy atom. The minimum absolute atomic E-state index is 0.00238. The Labute approximate surface area is 119 Å². The molecule has 114 valence electrons. The van der Waals surface area contributed by atoms with Crippen LogP contribution in [0.4, 0.5) is 19.0 Å². The molecule has 5 nitrogen and oxygen atoms in total. The van der Waals surface area contributed by atoms with Gasteiger partial charge in [-0.25, -0.2) is 4.98 Å². The maximum atomic E-state index is 12.7. The summed E-state index contributed by atoms with van der Waals surface area (Å²) in [5, 5.41) is 8.96. The molecular formula is C13H14F3N3O2. The number of ether oxygens (including phenoxy) is 1. The first-order valence-corrected chi connectivity index (χ1v) is 5.98. The second-order valence-corrected chi connectivity index (χ2v) is 4.48. The number of rotatable bonds is 4. The van der Waals surface area contributed by atoms with E-state index in [1.54, 1.807) is 13.0 Å². The second-order valence-electron chi connectivity index (χ2n) is 4.48. The average molecular weight is 301 g/mol. The highest BCUT2D eigenvalue weighted by Crippen LogP contribution is 2.30. The van der Waals surface area contributed by atoms with E-state index >= 15 is 0 Å². The van der Waals surface area contributed by atoms with Crippen LogP contribution < -0.4 is 4.90 Å². The molecule has 1 rings (SSSR count). The molecule has 0 aromatic carbocycles. The number of aromatic nitrogens is 1. The number of anilines is 1. The summed E-state index contributed by atoms with van der Waals surface area (Å²) in [5.74, 6) is -1.18. The van der Waals surface area contributed by atoms with E-state index < -0.39 is 23.8 Å². The third-order valence-corrected chi connectivity index (χ3v) is 2.80. The molecule has 1 heterocycles. The summed E-state index contributed by atoms with van der Waals surface area (Å²) in [5.41, 5.74) is -1.09. The van der Waals surface area contributed by atoms with Gasteiger partial charge < -0.3 is 9.64 Å². The maximum absolute atomic E-state index is 12.7. The SMILES string of the molecule is COC(=O)C(C)CN(C)c1nc(C(F)(F)F)ccc1C#N. The van der Waals surface area contributed by atoms with Crippen LogP contribution in [0, 0.1) is 17.2 Å². The predicted octanol–water partition coefficient (Wildman–Crippen LogP) is 2.22. The quantitative estimate of drug-likeness (QED) is 0.798. The molecule has 1 aromatic heterocycles. The highest BCUT2D eigenvalue weighted by atomic mass is 19.4. The molecule has 21 heavy (non-hydrogen) atoms. The topological polar surface area (TPSA) is 66.2 Å². The average Bonchev–Trinajstić information content (AvgIpc) is 2.44. The van der Waals surface area contributed by atoms with E-state index in [9.17, 15) is 18.0 Å². The number of hydrogen-bond donors (Lipinski definition) is 0. The molecule has 0 aliphatic carbocycles. The van der Waals surface area contributed by atoms with Gasteiger partial charge in [-0.2, -0.15) is 18.4 Å². The lowest BCUT2D eigenvalue weighted by molar-refractivity contribution is -0.144. The zero-order chi connectivity index (χ0) is 16.2. The Hall–Kier alpha value is -2.30. The number of carbonyl (C=O) groups excluding carboxylic acids is 1. The van der Waals surface area contributed by atoms with Crippen LogP contribution in [0.1, 0.15) is 18.2 Å². The normalized spacial score (nSPS) is 12.4. The number of nitrogens with zero attached hydrogens (tertiary/aromatic N) is 3. The lowest BCUT2D eigenvalue weighted by Gasteiger charge is -2.22. The first kappa shape index (κ1) is 16.8. The number of nitriles is 1. The third-order valence-electron chi connectivity index (χ3n) is 2.80. The predicted molar refractivity (Wildman–Crippen MR) is 68.4 cm³/mol. The zero-order valence-electron chi connectivity index (χ0n) is 11.7. The number of pyridine rings is 1. The fraction of sp³-hybridized carbons (Fsp3) is 0.462. The summed E-state index contributed by atoms with van der Waals surface area (Å²) in [4.78, 5) is 16.2. The molecule has 0 N–H and O–H groups in total. The number of esters is 1. The second kappa shape index (κ2) is 6.43. The van der Waals surface area contributed by atoms with Gasteiger partial charge in [0.15, 0.2) is 0 Å². The number of carbonyl (C=O) groups is 1. The van der Waals surface area contributed by atoms with Crippen molar-refractivity contribution in [3.63, 3.8) is 0 Å². The highest BCUT2D eigenvalue weighted by molar-refractivity contribution is 5.72. The van der Waals surface area contributed by atoms with Gasteiger partial charge >= 0.3 is 12.1 Å². The molecule has 8 heteroatoms. The van der Waals surface area contributed by atoms with Crippen LogP contribution >= 0.6 is 0 Å². The monoisotopic (exact) mass is 301 g/mol. The Kier molecular flexibility index (Phi) is 5.13. The Morgan fingerprint density at radius 1 is 1.52 bits per heavy atom. The first-order valence-electron chi connectivity index (χ1n) is 5.98. The molecule has 0 amide bonds. The van der Waals surface area contributed by atoms with Crippen LogP contribution in [0.5, 0.6) is 0 Å². The van der Waals surface area contributed by atoms with Gasteiger partial charge in [0, 0.05) is 13.6 Å². The van der Waals surface area contributed by atoms with E-state index in [1.807, 2.05) is 0 Å². The first-order chi connectivity index (χ1) is 9.70. The molecule has 0 bridgehead atoms. The Bertz CT molecular complexity index is 567. The van der Waals surface area contributed by atoms with Crippen molar-refractivity contribution in [3.05, 3.63) is 23.4 Å². The lowest BCUT2D eigenvalue weighted by Crippen LogP contribution is -2.30. The van der Waals surface area contributed by atoms with Crippen LogP contribution in [0.2, 0.25) is 0 Å². The molecule has 1 aromatic rings. The minimum Gasteiger partial charge on any atom is -0.469 e. The molecule has 0 saturated carbocycles. The number of halogens is 3. The molecule has 1 unspecified atom stereocenters. The van der Waals surface area contributed by atoms with Crippen LogP contribution in [-0.2, 0) is 15.7 Å². The van der Waals surface area contributed by atoms with Crippen LogP contribution in [-0.4, -0.2) is 31.7 Å². The fourth-order valence-corrected chi connectivity index (χ4v) is 1.76. The Morgan fingerprint density at radius 2 is 2.14 bits per heavy atom. The summed E-state index contributed by atoms with van der Waals surface area (Å²) >= 11 is 0. The van der Waals surface area contributed by atoms with Gasteiger partial charge in [-0.05, 0) is 12.1 Å². The molecular weight excluding hydrogens is 287 g/mol. The molecule has 0 fully saturated rings. The summed E-state index contributed by atoms with van der Waals surface area (Å²) in [6, 6.07) is 3.59. The number of methoxy groups -OCH3 is 1. The van der Waals surface area contributed by atoms with Gasteiger partial charge in [-0.15, -0.1) is 0 Å². The van der Waals surface area contributed by atoms with E-state index in [1.165, 1.54) is 19.1 Å². The van der Waals surface area contributed by atoms with Gasteiger partial charge in [0.1, 0.15) is 17.6 Å². The zero-order valence-corrected chi connectivity index (χ0v) is 11.7. The molecule has 1 atom stereocenters. The van der Waals surface area contributed by atoms with Crippen molar-refractivity contribution in [1.82, 2.24) is 4.98 Å². The molecule has 0 spiro atoms. The van der Waals surface area contributed by atoms with Crippen molar-refractivity contribution in [2.24, 2.45) is 5.92 Å². The molecule has 0 radical (unpaired) electrons. The van der Waals surface area contributed by atoms with Crippen molar-refractivity contribution in [3.8, 4) is 6.07 Å². The van der Waals surface area contributed by atoms with Gasteiger partial charge in [-0.1, -0.05) is 6.92 Å². The summed E-state index contributed by atoms with van der Waals surface area (Å²) in [6.45, 7) is 1.65. The van der Waals surface area contributed by atoms with Crippen molar-refractivity contribution in [2.45, 2.75) is 13.1 Å². The number of hydrogen-bond acceptors (Lipinski definition) is 5. The van der Waals surface area contributed by atoms with Gasteiger partial charge in [0.2, 0.25) is 0 Å². The summed E-state index contributed by atoms with van der Waals surface area (Å²) in [6.07, 6.45) is -4.60. The van der Waals surface area contributed by atoms with E-state index in [4.69, 9.17) is 5.26 Å².